The molecule has 0 radical (unpaired) electrons. The van der Waals surface area contributed by atoms with Crippen LogP contribution in [0.1, 0.15) is 39.5 Å². The second kappa shape index (κ2) is 5.19. The number of piperidine rings is 1. The second-order valence-corrected chi connectivity index (χ2v) is 7.15. The van der Waals surface area contributed by atoms with E-state index in [1.807, 2.05) is 23.6 Å². The maximum atomic E-state index is 12.4. The monoisotopic (exact) mass is 257 g/mol. The van der Waals surface area contributed by atoms with Crippen molar-refractivity contribution >= 4 is 17.7 Å². The fourth-order valence-electron chi connectivity index (χ4n) is 2.87. The highest BCUT2D eigenvalue weighted by molar-refractivity contribution is 8.01. The van der Waals surface area contributed by atoms with Gasteiger partial charge < -0.3 is 10.0 Å². The Labute approximate surface area is 108 Å². The Balaban J connectivity index is 1.90. The van der Waals surface area contributed by atoms with Gasteiger partial charge in [-0.05, 0) is 51.2 Å². The maximum absolute atomic E-state index is 12.4. The molecule has 3 nitrogen and oxygen atoms in total. The zero-order valence-electron chi connectivity index (χ0n) is 10.8. The van der Waals surface area contributed by atoms with Crippen LogP contribution in [0.4, 0.5) is 0 Å². The van der Waals surface area contributed by atoms with Gasteiger partial charge in [0.25, 0.3) is 0 Å². The first-order chi connectivity index (χ1) is 8.03. The molecule has 2 heterocycles. The first-order valence-electron chi connectivity index (χ1n) is 6.64. The van der Waals surface area contributed by atoms with Crippen LogP contribution in [0.15, 0.2) is 0 Å². The first kappa shape index (κ1) is 13.2. The van der Waals surface area contributed by atoms with Crippen LogP contribution in [0, 0.1) is 5.92 Å². The van der Waals surface area contributed by atoms with Gasteiger partial charge >= 0.3 is 0 Å². The smallest absolute Gasteiger partial charge is 0.238 e. The van der Waals surface area contributed by atoms with Gasteiger partial charge in [0.2, 0.25) is 5.91 Å². The highest BCUT2D eigenvalue weighted by atomic mass is 32.2. The van der Waals surface area contributed by atoms with Gasteiger partial charge in [-0.1, -0.05) is 0 Å². The van der Waals surface area contributed by atoms with Gasteiger partial charge in [0.1, 0.15) is 0 Å². The second-order valence-electron chi connectivity index (χ2n) is 5.55. The Bertz CT molecular complexity index is 279. The average molecular weight is 257 g/mol. The Morgan fingerprint density at radius 2 is 2.12 bits per heavy atom. The minimum Gasteiger partial charge on any atom is -0.393 e. The third-order valence-electron chi connectivity index (χ3n) is 4.18. The van der Waals surface area contributed by atoms with Gasteiger partial charge in [0.05, 0.1) is 10.9 Å². The van der Waals surface area contributed by atoms with E-state index in [0.717, 1.165) is 44.5 Å². The molecule has 2 atom stereocenters. The van der Waals surface area contributed by atoms with Crippen molar-refractivity contribution in [3.8, 4) is 0 Å². The topological polar surface area (TPSA) is 40.5 Å². The minimum absolute atomic E-state index is 0.169. The number of aliphatic hydroxyl groups is 1. The van der Waals surface area contributed by atoms with Crippen LogP contribution >= 0.6 is 11.8 Å². The Kier molecular flexibility index (Phi) is 4.03. The summed E-state index contributed by atoms with van der Waals surface area (Å²) in [6, 6.07) is 0. The lowest BCUT2D eigenvalue weighted by Gasteiger charge is -2.37. The molecule has 2 saturated heterocycles. The molecule has 0 aromatic rings. The van der Waals surface area contributed by atoms with Gasteiger partial charge in [0, 0.05) is 13.1 Å². The van der Waals surface area contributed by atoms with Crippen LogP contribution in [0.5, 0.6) is 0 Å². The fourth-order valence-corrected chi connectivity index (χ4v) is 4.15. The molecule has 0 saturated carbocycles. The van der Waals surface area contributed by atoms with Gasteiger partial charge in [-0.3, -0.25) is 4.79 Å². The van der Waals surface area contributed by atoms with Crippen molar-refractivity contribution in [3.63, 3.8) is 0 Å². The van der Waals surface area contributed by atoms with Crippen LogP contribution < -0.4 is 0 Å². The summed E-state index contributed by atoms with van der Waals surface area (Å²) in [7, 11) is 0. The van der Waals surface area contributed by atoms with Crippen molar-refractivity contribution in [1.82, 2.24) is 4.90 Å². The predicted octanol–water partition coefficient (Wildman–Crippen LogP) is 1.89. The molecule has 0 spiro atoms. The molecule has 0 aromatic heterocycles. The number of carbonyl (C=O) groups excluding carboxylic acids is 1. The maximum Gasteiger partial charge on any atom is 0.238 e. The van der Waals surface area contributed by atoms with Crippen LogP contribution in [0.25, 0.3) is 0 Å². The number of hydrogen-bond donors (Lipinski definition) is 1. The summed E-state index contributed by atoms with van der Waals surface area (Å²) in [5.41, 5.74) is 0. The number of nitrogens with zero attached hydrogens (tertiary/aromatic N) is 1. The molecule has 17 heavy (non-hydrogen) atoms. The van der Waals surface area contributed by atoms with E-state index in [4.69, 9.17) is 0 Å². The number of amides is 1. The zero-order chi connectivity index (χ0) is 12.5. The molecule has 2 aliphatic rings. The standard InChI is InChI=1S/C13H23NO2S/c1-10(15)11-4-7-14(8-5-11)12(16)13(2)6-3-9-17-13/h10-11,15H,3-9H2,1-2H3. The van der Waals surface area contributed by atoms with Crippen LogP contribution in [-0.4, -0.2) is 45.6 Å². The van der Waals surface area contributed by atoms with E-state index in [-0.39, 0.29) is 10.9 Å². The Morgan fingerprint density at radius 3 is 2.59 bits per heavy atom. The van der Waals surface area contributed by atoms with Crippen molar-refractivity contribution in [2.75, 3.05) is 18.8 Å². The predicted molar refractivity (Wildman–Crippen MR) is 71.1 cm³/mol. The lowest BCUT2D eigenvalue weighted by Crippen LogP contribution is -2.48. The van der Waals surface area contributed by atoms with E-state index < -0.39 is 0 Å². The molecule has 98 valence electrons. The molecule has 2 rings (SSSR count). The van der Waals surface area contributed by atoms with E-state index in [2.05, 4.69) is 6.92 Å². The van der Waals surface area contributed by atoms with Crippen molar-refractivity contribution in [1.29, 1.82) is 0 Å². The Hall–Kier alpha value is -0.220. The Morgan fingerprint density at radius 1 is 1.47 bits per heavy atom. The SMILES string of the molecule is CC(O)C1CCN(C(=O)C2(C)CCCS2)CC1. The zero-order valence-corrected chi connectivity index (χ0v) is 11.6. The van der Waals surface area contributed by atoms with Gasteiger partial charge in [-0.2, -0.15) is 0 Å². The molecule has 0 aromatic carbocycles. The van der Waals surface area contributed by atoms with Gasteiger partial charge in [0.15, 0.2) is 0 Å². The van der Waals surface area contributed by atoms with E-state index in [9.17, 15) is 9.90 Å². The summed E-state index contributed by atoms with van der Waals surface area (Å²) in [5.74, 6) is 1.82. The molecule has 4 heteroatoms. The van der Waals surface area contributed by atoms with E-state index >= 15 is 0 Å². The summed E-state index contributed by atoms with van der Waals surface area (Å²) in [6.07, 6.45) is 3.85. The first-order valence-corrected chi connectivity index (χ1v) is 7.63. The third kappa shape index (κ3) is 2.79. The molecule has 1 amide bonds. The van der Waals surface area contributed by atoms with Gasteiger partial charge in [-0.15, -0.1) is 11.8 Å². The van der Waals surface area contributed by atoms with Crippen molar-refractivity contribution in [3.05, 3.63) is 0 Å². The molecule has 2 unspecified atom stereocenters. The quantitative estimate of drug-likeness (QED) is 0.821. The highest BCUT2D eigenvalue weighted by Crippen LogP contribution is 2.39. The number of rotatable bonds is 2. The van der Waals surface area contributed by atoms with Crippen LogP contribution in [0.2, 0.25) is 0 Å². The molecule has 2 aliphatic heterocycles. The molecular weight excluding hydrogens is 234 g/mol. The van der Waals surface area contributed by atoms with Crippen molar-refractivity contribution in [2.45, 2.75) is 50.4 Å². The lowest BCUT2D eigenvalue weighted by molar-refractivity contribution is -0.135. The number of thioether (sulfide) groups is 1. The number of likely N-dealkylation sites (tertiary alicyclic amines) is 1. The summed E-state index contributed by atoms with van der Waals surface area (Å²) < 4.78 is -0.169. The van der Waals surface area contributed by atoms with Crippen molar-refractivity contribution in [2.24, 2.45) is 5.92 Å². The average Bonchev–Trinajstić information content (AvgIpc) is 2.76. The van der Waals surface area contributed by atoms with Gasteiger partial charge in [-0.25, -0.2) is 0 Å². The largest absolute Gasteiger partial charge is 0.393 e. The fraction of sp³-hybridized carbons (Fsp3) is 0.923. The lowest BCUT2D eigenvalue weighted by atomic mass is 9.91. The summed E-state index contributed by atoms with van der Waals surface area (Å²) in [6.45, 7) is 5.60. The van der Waals surface area contributed by atoms with Crippen LogP contribution in [-0.2, 0) is 4.79 Å². The molecule has 2 fully saturated rings. The number of hydrogen-bond acceptors (Lipinski definition) is 3. The van der Waals surface area contributed by atoms with E-state index in [0.29, 0.717) is 11.8 Å². The van der Waals surface area contributed by atoms with E-state index in [1.165, 1.54) is 0 Å². The number of aliphatic hydroxyl groups excluding tert-OH is 1. The van der Waals surface area contributed by atoms with E-state index in [1.54, 1.807) is 0 Å². The summed E-state index contributed by atoms with van der Waals surface area (Å²) in [4.78, 5) is 14.5. The number of carbonyl (C=O) groups is 1. The molecule has 0 aliphatic carbocycles. The molecule has 1 N–H and O–H groups in total. The minimum atomic E-state index is -0.233. The van der Waals surface area contributed by atoms with Crippen molar-refractivity contribution < 1.29 is 9.90 Å². The molecular formula is C13H23NO2S. The molecule has 0 bridgehead atoms. The summed E-state index contributed by atoms with van der Waals surface area (Å²) >= 11 is 1.81. The normalized spacial score (nSPS) is 32.8. The summed E-state index contributed by atoms with van der Waals surface area (Å²) in [5, 5.41) is 9.56. The third-order valence-corrected chi connectivity index (χ3v) is 5.69. The highest BCUT2D eigenvalue weighted by Gasteiger charge is 2.41. The van der Waals surface area contributed by atoms with Crippen LogP contribution in [0.3, 0.4) is 0 Å².